The molecule has 0 aromatic carbocycles. The smallest absolute Gasteiger partial charge is 0.252 e. The molecule has 108 valence electrons. The van der Waals surface area contributed by atoms with Crippen molar-refractivity contribution in [3.8, 4) is 0 Å². The van der Waals surface area contributed by atoms with Gasteiger partial charge in [-0.15, -0.1) is 0 Å². The Morgan fingerprint density at radius 3 is 3.05 bits per heavy atom. The van der Waals surface area contributed by atoms with E-state index in [2.05, 4.69) is 25.4 Å². The average molecular weight is 284 g/mol. The largest absolute Gasteiger partial charge is 0.352 e. The Morgan fingerprint density at radius 2 is 2.29 bits per heavy atom. The van der Waals surface area contributed by atoms with Crippen molar-refractivity contribution < 1.29 is 4.79 Å². The van der Waals surface area contributed by atoms with Gasteiger partial charge < -0.3 is 10.3 Å². The number of pyridine rings is 1. The van der Waals surface area contributed by atoms with E-state index in [4.69, 9.17) is 0 Å². The molecule has 0 bridgehead atoms. The predicted molar refractivity (Wildman–Crippen MR) is 77.9 cm³/mol. The highest BCUT2D eigenvalue weighted by Gasteiger charge is 2.11. The summed E-state index contributed by atoms with van der Waals surface area (Å²) in [5, 5.41) is 8.07. The number of fused-ring (bicyclic) bond motifs is 1. The molecule has 0 aliphatic heterocycles. The van der Waals surface area contributed by atoms with E-state index in [0.717, 1.165) is 22.4 Å². The van der Waals surface area contributed by atoms with E-state index in [1.807, 2.05) is 20.0 Å². The Balaban J connectivity index is 1.71. The van der Waals surface area contributed by atoms with Gasteiger partial charge in [0, 0.05) is 43.5 Å². The number of nitrogens with zero attached hydrogens (tertiary/aromatic N) is 4. The normalized spacial score (nSPS) is 11.0. The highest BCUT2D eigenvalue weighted by atomic mass is 16.1. The van der Waals surface area contributed by atoms with Crippen LogP contribution in [0.5, 0.6) is 0 Å². The quantitative estimate of drug-likeness (QED) is 0.747. The number of hydrogen-bond donors (Lipinski definition) is 2. The number of hydrogen-bond acceptors (Lipinski definition) is 4. The van der Waals surface area contributed by atoms with Crippen LogP contribution in [0.15, 0.2) is 24.8 Å². The number of amides is 1. The SMILES string of the molecule is Cc1nn(C)c2ncc(C(=O)NCCc3cnc[nH]3)cc12. The van der Waals surface area contributed by atoms with Crippen LogP contribution >= 0.6 is 0 Å². The zero-order valence-electron chi connectivity index (χ0n) is 11.9. The molecule has 7 nitrogen and oxygen atoms in total. The molecule has 0 unspecified atom stereocenters. The van der Waals surface area contributed by atoms with Gasteiger partial charge in [-0.2, -0.15) is 5.10 Å². The van der Waals surface area contributed by atoms with Gasteiger partial charge in [-0.3, -0.25) is 9.48 Å². The predicted octanol–water partition coefficient (Wildman–Crippen LogP) is 0.972. The van der Waals surface area contributed by atoms with Crippen molar-refractivity contribution >= 4 is 16.9 Å². The van der Waals surface area contributed by atoms with Gasteiger partial charge in [-0.05, 0) is 13.0 Å². The van der Waals surface area contributed by atoms with Gasteiger partial charge in [0.15, 0.2) is 5.65 Å². The summed E-state index contributed by atoms with van der Waals surface area (Å²) in [6.07, 6.45) is 5.67. The molecule has 3 rings (SSSR count). The molecule has 0 spiro atoms. The Hall–Kier alpha value is -2.70. The highest BCUT2D eigenvalue weighted by Crippen LogP contribution is 2.16. The molecule has 21 heavy (non-hydrogen) atoms. The van der Waals surface area contributed by atoms with Crippen molar-refractivity contribution in [3.63, 3.8) is 0 Å². The molecule has 0 saturated heterocycles. The molecule has 3 heterocycles. The van der Waals surface area contributed by atoms with Crippen LogP contribution in [-0.4, -0.2) is 37.2 Å². The van der Waals surface area contributed by atoms with Crippen LogP contribution in [0.4, 0.5) is 0 Å². The van der Waals surface area contributed by atoms with Gasteiger partial charge in [-0.25, -0.2) is 9.97 Å². The number of imidazole rings is 1. The minimum Gasteiger partial charge on any atom is -0.352 e. The Morgan fingerprint density at radius 1 is 1.43 bits per heavy atom. The third-order valence-electron chi connectivity index (χ3n) is 3.36. The standard InChI is InChI=1S/C14H16N6O/c1-9-12-5-10(6-17-13(12)20(2)19-9)14(21)16-4-3-11-7-15-8-18-11/h5-8H,3-4H2,1-2H3,(H,15,18)(H,16,21). The van der Waals surface area contributed by atoms with Crippen LogP contribution in [-0.2, 0) is 13.5 Å². The lowest BCUT2D eigenvalue weighted by atomic mass is 10.2. The number of carbonyl (C=O) groups is 1. The van der Waals surface area contributed by atoms with Crippen LogP contribution < -0.4 is 5.32 Å². The first-order valence-corrected chi connectivity index (χ1v) is 6.70. The van der Waals surface area contributed by atoms with Crippen molar-refractivity contribution in [2.75, 3.05) is 6.54 Å². The van der Waals surface area contributed by atoms with E-state index >= 15 is 0 Å². The molecule has 0 fully saturated rings. The summed E-state index contributed by atoms with van der Waals surface area (Å²) in [7, 11) is 1.84. The Bertz CT molecular complexity index is 774. The van der Waals surface area contributed by atoms with Gasteiger partial charge in [-0.1, -0.05) is 0 Å². The Kier molecular flexibility index (Phi) is 3.39. The van der Waals surface area contributed by atoms with Crippen LogP contribution in [0.25, 0.3) is 11.0 Å². The van der Waals surface area contributed by atoms with Crippen molar-refractivity contribution in [2.24, 2.45) is 7.05 Å². The number of aromatic nitrogens is 5. The molecule has 0 atom stereocenters. The topological polar surface area (TPSA) is 88.5 Å². The number of rotatable bonds is 4. The van der Waals surface area contributed by atoms with Crippen LogP contribution in [0, 0.1) is 6.92 Å². The monoisotopic (exact) mass is 284 g/mol. The maximum Gasteiger partial charge on any atom is 0.252 e. The fraction of sp³-hybridized carbons (Fsp3) is 0.286. The zero-order valence-corrected chi connectivity index (χ0v) is 11.9. The Labute approximate surface area is 121 Å². The second-order valence-corrected chi connectivity index (χ2v) is 4.89. The minimum absolute atomic E-state index is 0.132. The summed E-state index contributed by atoms with van der Waals surface area (Å²) < 4.78 is 1.71. The molecular formula is C14H16N6O. The first-order chi connectivity index (χ1) is 10.1. The molecule has 1 amide bonds. The first-order valence-electron chi connectivity index (χ1n) is 6.70. The lowest BCUT2D eigenvalue weighted by Gasteiger charge is -2.04. The van der Waals surface area contributed by atoms with Crippen molar-refractivity contribution in [1.29, 1.82) is 0 Å². The number of carbonyl (C=O) groups excluding carboxylic acids is 1. The summed E-state index contributed by atoms with van der Waals surface area (Å²) in [5.41, 5.74) is 3.18. The minimum atomic E-state index is -0.132. The summed E-state index contributed by atoms with van der Waals surface area (Å²) in [6, 6.07) is 1.83. The number of H-pyrrole nitrogens is 1. The van der Waals surface area contributed by atoms with Crippen LogP contribution in [0.3, 0.4) is 0 Å². The fourth-order valence-electron chi connectivity index (χ4n) is 2.27. The van der Waals surface area contributed by atoms with Gasteiger partial charge in [0.2, 0.25) is 0 Å². The molecule has 0 saturated carbocycles. The summed E-state index contributed by atoms with van der Waals surface area (Å²) in [5.74, 6) is -0.132. The third kappa shape index (κ3) is 2.62. The zero-order chi connectivity index (χ0) is 14.8. The van der Waals surface area contributed by atoms with Crippen LogP contribution in [0.1, 0.15) is 21.7 Å². The molecule has 3 aromatic rings. The molecular weight excluding hydrogens is 268 g/mol. The van der Waals surface area contributed by atoms with Crippen molar-refractivity contribution in [1.82, 2.24) is 30.0 Å². The second kappa shape index (κ2) is 5.35. The van der Waals surface area contributed by atoms with Crippen molar-refractivity contribution in [3.05, 3.63) is 41.7 Å². The third-order valence-corrected chi connectivity index (χ3v) is 3.36. The highest BCUT2D eigenvalue weighted by molar-refractivity contribution is 5.97. The molecule has 2 N–H and O–H groups in total. The average Bonchev–Trinajstić information content (AvgIpc) is 3.08. The van der Waals surface area contributed by atoms with E-state index < -0.39 is 0 Å². The summed E-state index contributed by atoms with van der Waals surface area (Å²) in [4.78, 5) is 23.4. The number of aryl methyl sites for hydroxylation is 2. The van der Waals surface area contributed by atoms with E-state index in [-0.39, 0.29) is 5.91 Å². The van der Waals surface area contributed by atoms with Gasteiger partial charge in [0.25, 0.3) is 5.91 Å². The second-order valence-electron chi connectivity index (χ2n) is 4.89. The molecule has 0 radical (unpaired) electrons. The molecule has 7 heteroatoms. The van der Waals surface area contributed by atoms with Gasteiger partial charge >= 0.3 is 0 Å². The van der Waals surface area contributed by atoms with Gasteiger partial charge in [0.1, 0.15) is 0 Å². The summed E-state index contributed by atoms with van der Waals surface area (Å²) in [6.45, 7) is 2.45. The molecule has 0 aliphatic carbocycles. The molecule has 0 aliphatic rings. The van der Waals surface area contributed by atoms with E-state index in [0.29, 0.717) is 18.5 Å². The fourth-order valence-corrected chi connectivity index (χ4v) is 2.27. The van der Waals surface area contributed by atoms with E-state index in [9.17, 15) is 4.79 Å². The number of nitrogens with one attached hydrogen (secondary N) is 2. The van der Waals surface area contributed by atoms with E-state index in [1.54, 1.807) is 23.4 Å². The van der Waals surface area contributed by atoms with Crippen LogP contribution in [0.2, 0.25) is 0 Å². The maximum absolute atomic E-state index is 12.1. The summed E-state index contributed by atoms with van der Waals surface area (Å²) >= 11 is 0. The maximum atomic E-state index is 12.1. The lowest BCUT2D eigenvalue weighted by Crippen LogP contribution is -2.25. The van der Waals surface area contributed by atoms with Gasteiger partial charge in [0.05, 0.1) is 17.6 Å². The lowest BCUT2D eigenvalue weighted by molar-refractivity contribution is 0.0954. The first kappa shape index (κ1) is 13.3. The van der Waals surface area contributed by atoms with E-state index in [1.165, 1.54) is 0 Å². The van der Waals surface area contributed by atoms with Crippen molar-refractivity contribution in [2.45, 2.75) is 13.3 Å². The molecule has 3 aromatic heterocycles. The number of aromatic amines is 1.